The van der Waals surface area contributed by atoms with Gasteiger partial charge in [-0.3, -0.25) is 0 Å². The molecule has 1 heterocycles. The summed E-state index contributed by atoms with van der Waals surface area (Å²) in [5.41, 5.74) is 1.45. The molecule has 0 amide bonds. The first-order chi connectivity index (χ1) is 12.1. The zero-order valence-corrected chi connectivity index (χ0v) is 16.6. The zero-order valence-electron chi connectivity index (χ0n) is 16.6. The Bertz CT molecular complexity index is 454. The van der Waals surface area contributed by atoms with Gasteiger partial charge in [-0.2, -0.15) is 0 Å². The van der Waals surface area contributed by atoms with Crippen molar-refractivity contribution in [3.05, 3.63) is 35.9 Å². The zero-order chi connectivity index (χ0) is 18.0. The molecule has 1 aliphatic heterocycles. The lowest BCUT2D eigenvalue weighted by atomic mass is 9.97. The first-order valence-electron chi connectivity index (χ1n) is 10.5. The molecule has 0 aromatic heterocycles. The molecular weight excluding hydrogens is 308 g/mol. The van der Waals surface area contributed by atoms with Crippen LogP contribution in [0.4, 0.5) is 0 Å². The average Bonchev–Trinajstić information content (AvgIpc) is 2.58. The molecule has 2 atom stereocenters. The van der Waals surface area contributed by atoms with Crippen LogP contribution in [0.3, 0.4) is 0 Å². The molecule has 2 nitrogen and oxygen atoms in total. The van der Waals surface area contributed by atoms with E-state index in [4.69, 9.17) is 9.47 Å². The van der Waals surface area contributed by atoms with Crippen LogP contribution in [0.5, 0.6) is 0 Å². The van der Waals surface area contributed by atoms with Crippen molar-refractivity contribution in [2.24, 2.45) is 0 Å². The molecule has 0 saturated carbocycles. The highest BCUT2D eigenvalue weighted by molar-refractivity contribution is 5.14. The fourth-order valence-corrected chi connectivity index (χ4v) is 3.89. The summed E-state index contributed by atoms with van der Waals surface area (Å²) in [5, 5.41) is 0. The van der Waals surface area contributed by atoms with E-state index < -0.39 is 5.79 Å². The average molecular weight is 347 g/mol. The van der Waals surface area contributed by atoms with E-state index in [1.165, 1.54) is 63.4 Å². The minimum absolute atomic E-state index is 0.361. The topological polar surface area (TPSA) is 18.5 Å². The van der Waals surface area contributed by atoms with Crippen molar-refractivity contribution < 1.29 is 9.47 Å². The summed E-state index contributed by atoms with van der Waals surface area (Å²) in [7, 11) is 0. The summed E-state index contributed by atoms with van der Waals surface area (Å²) >= 11 is 0. The van der Waals surface area contributed by atoms with E-state index in [9.17, 15) is 0 Å². The summed E-state index contributed by atoms with van der Waals surface area (Å²) in [6.07, 6.45) is 14.5. The lowest BCUT2D eigenvalue weighted by Gasteiger charge is -2.41. The molecule has 2 rings (SSSR count). The van der Waals surface area contributed by atoms with Gasteiger partial charge in [-0.1, -0.05) is 75.8 Å². The Morgan fingerprint density at radius 2 is 1.44 bits per heavy atom. The summed E-state index contributed by atoms with van der Waals surface area (Å²) in [6.45, 7) is 6.42. The third-order valence-corrected chi connectivity index (χ3v) is 5.14. The molecule has 1 saturated heterocycles. The van der Waals surface area contributed by atoms with Crippen molar-refractivity contribution in [2.45, 2.75) is 109 Å². The molecule has 0 N–H and O–H groups in total. The lowest BCUT2D eigenvalue weighted by molar-refractivity contribution is -0.301. The number of hydrogen-bond acceptors (Lipinski definition) is 2. The van der Waals surface area contributed by atoms with Gasteiger partial charge in [-0.15, -0.1) is 0 Å². The molecule has 25 heavy (non-hydrogen) atoms. The molecule has 0 bridgehead atoms. The normalized spacial score (nSPS) is 22.8. The summed E-state index contributed by atoms with van der Waals surface area (Å²) < 4.78 is 12.3. The Labute approximate surface area is 155 Å². The Kier molecular flexibility index (Phi) is 8.98. The van der Waals surface area contributed by atoms with Gasteiger partial charge in [-0.05, 0) is 45.1 Å². The van der Waals surface area contributed by atoms with Gasteiger partial charge in [0.15, 0.2) is 5.79 Å². The molecule has 2 heteroatoms. The molecule has 0 unspecified atom stereocenters. The van der Waals surface area contributed by atoms with E-state index in [-0.39, 0.29) is 0 Å². The Hall–Kier alpha value is -0.860. The highest BCUT2D eigenvalue weighted by Gasteiger charge is 2.34. The minimum Gasteiger partial charge on any atom is -0.347 e. The Morgan fingerprint density at radius 3 is 2.08 bits per heavy atom. The largest absolute Gasteiger partial charge is 0.347 e. The van der Waals surface area contributed by atoms with Crippen molar-refractivity contribution in [2.75, 3.05) is 0 Å². The summed E-state index contributed by atoms with van der Waals surface area (Å²) in [5.74, 6) is -0.420. The van der Waals surface area contributed by atoms with E-state index in [0.29, 0.717) is 12.2 Å². The van der Waals surface area contributed by atoms with Crippen molar-refractivity contribution in [3.63, 3.8) is 0 Å². The first kappa shape index (κ1) is 20.5. The molecule has 0 spiro atoms. The molecule has 0 aliphatic carbocycles. The second-order valence-corrected chi connectivity index (χ2v) is 8.05. The molecule has 1 aromatic rings. The first-order valence-corrected chi connectivity index (χ1v) is 10.5. The number of rotatable bonds is 11. The Morgan fingerprint density at radius 1 is 0.840 bits per heavy atom. The van der Waals surface area contributed by atoms with Crippen LogP contribution >= 0.6 is 0 Å². The number of unbranched alkanes of at least 4 members (excludes halogenated alkanes) is 5. The minimum atomic E-state index is -0.420. The lowest BCUT2D eigenvalue weighted by Crippen LogP contribution is -2.44. The van der Waals surface area contributed by atoms with Gasteiger partial charge in [0, 0.05) is 6.42 Å². The highest BCUT2D eigenvalue weighted by atomic mass is 16.7. The summed E-state index contributed by atoms with van der Waals surface area (Å²) in [4.78, 5) is 0. The Balaban J connectivity index is 1.66. The van der Waals surface area contributed by atoms with Crippen LogP contribution in [0.15, 0.2) is 30.3 Å². The smallest absolute Gasteiger partial charge is 0.163 e. The molecule has 0 radical (unpaired) electrons. The van der Waals surface area contributed by atoms with Gasteiger partial charge in [0.05, 0.1) is 12.2 Å². The van der Waals surface area contributed by atoms with Gasteiger partial charge in [0.1, 0.15) is 0 Å². The van der Waals surface area contributed by atoms with Crippen molar-refractivity contribution in [3.8, 4) is 0 Å². The van der Waals surface area contributed by atoms with E-state index in [0.717, 1.165) is 12.8 Å². The van der Waals surface area contributed by atoms with Gasteiger partial charge >= 0.3 is 0 Å². The highest BCUT2D eigenvalue weighted by Crippen LogP contribution is 2.31. The number of ether oxygens (including phenoxy) is 2. The van der Waals surface area contributed by atoms with Crippen LogP contribution in [0.2, 0.25) is 0 Å². The third kappa shape index (κ3) is 8.37. The second-order valence-electron chi connectivity index (χ2n) is 8.05. The van der Waals surface area contributed by atoms with E-state index in [2.05, 4.69) is 51.1 Å². The predicted octanol–water partition coefficient (Wildman–Crippen LogP) is 6.67. The maximum Gasteiger partial charge on any atom is 0.163 e. The molecule has 1 aromatic carbocycles. The second kappa shape index (κ2) is 11.0. The van der Waals surface area contributed by atoms with Gasteiger partial charge < -0.3 is 9.47 Å². The van der Waals surface area contributed by atoms with Crippen LogP contribution in [0.1, 0.15) is 90.5 Å². The standard InChI is InChI=1S/C23H38O2/c1-4-5-6-7-11-17-21-19-22(25-23(2,3)24-21)18-13-12-16-20-14-9-8-10-15-20/h8-10,14-15,21-22H,4-7,11-13,16-19H2,1-3H3/t21-,22-/m1/s1. The summed E-state index contributed by atoms with van der Waals surface area (Å²) in [6, 6.07) is 10.8. The van der Waals surface area contributed by atoms with E-state index in [1.54, 1.807) is 0 Å². The van der Waals surface area contributed by atoms with Gasteiger partial charge in [-0.25, -0.2) is 0 Å². The van der Waals surface area contributed by atoms with E-state index >= 15 is 0 Å². The maximum absolute atomic E-state index is 6.18. The fraction of sp³-hybridized carbons (Fsp3) is 0.739. The van der Waals surface area contributed by atoms with Crippen molar-refractivity contribution in [1.29, 1.82) is 0 Å². The van der Waals surface area contributed by atoms with Crippen LogP contribution in [0, 0.1) is 0 Å². The fourth-order valence-electron chi connectivity index (χ4n) is 3.89. The molecule has 1 fully saturated rings. The maximum atomic E-state index is 6.18. The van der Waals surface area contributed by atoms with Crippen LogP contribution in [0.25, 0.3) is 0 Å². The SMILES string of the molecule is CCCCCCC[C@@H]1C[C@@H](CCCCc2ccccc2)OC(C)(C)O1. The monoisotopic (exact) mass is 346 g/mol. The van der Waals surface area contributed by atoms with Crippen LogP contribution < -0.4 is 0 Å². The number of aryl methyl sites for hydroxylation is 1. The third-order valence-electron chi connectivity index (χ3n) is 5.14. The number of hydrogen-bond donors (Lipinski definition) is 0. The van der Waals surface area contributed by atoms with Crippen LogP contribution in [-0.4, -0.2) is 18.0 Å². The van der Waals surface area contributed by atoms with Crippen LogP contribution in [-0.2, 0) is 15.9 Å². The van der Waals surface area contributed by atoms with Gasteiger partial charge in [0.2, 0.25) is 0 Å². The molecular formula is C23H38O2. The number of benzene rings is 1. The van der Waals surface area contributed by atoms with Crippen molar-refractivity contribution in [1.82, 2.24) is 0 Å². The van der Waals surface area contributed by atoms with Gasteiger partial charge in [0.25, 0.3) is 0 Å². The van der Waals surface area contributed by atoms with E-state index in [1.807, 2.05) is 0 Å². The predicted molar refractivity (Wildman–Crippen MR) is 106 cm³/mol. The molecule has 1 aliphatic rings. The quantitative estimate of drug-likeness (QED) is 0.417. The van der Waals surface area contributed by atoms with Crippen molar-refractivity contribution >= 4 is 0 Å². The molecule has 142 valence electrons.